The van der Waals surface area contributed by atoms with Crippen LogP contribution in [0.25, 0.3) is 0 Å². The minimum atomic E-state index is -4.11. The highest BCUT2D eigenvalue weighted by Crippen LogP contribution is 2.37. The van der Waals surface area contributed by atoms with Crippen LogP contribution in [-0.4, -0.2) is 88.3 Å². The predicted octanol–water partition coefficient (Wildman–Crippen LogP) is 3.13. The van der Waals surface area contributed by atoms with Gasteiger partial charge in [0.2, 0.25) is 15.9 Å². The Morgan fingerprint density at radius 1 is 1.20 bits per heavy atom. The van der Waals surface area contributed by atoms with E-state index in [0.29, 0.717) is 23.4 Å². The van der Waals surface area contributed by atoms with Gasteiger partial charge in [0.25, 0.3) is 5.92 Å². The van der Waals surface area contributed by atoms with Crippen molar-refractivity contribution >= 4 is 21.8 Å². The van der Waals surface area contributed by atoms with Gasteiger partial charge in [-0.15, -0.1) is 0 Å². The summed E-state index contributed by atoms with van der Waals surface area (Å²) in [6, 6.07) is 9.79. The molecule has 2 aromatic carbocycles. The third kappa shape index (κ3) is 6.79. The molecule has 1 N–H and O–H groups in total. The highest BCUT2D eigenvalue weighted by Gasteiger charge is 2.45. The van der Waals surface area contributed by atoms with Crippen molar-refractivity contribution in [2.75, 3.05) is 47.0 Å². The van der Waals surface area contributed by atoms with Gasteiger partial charge in [-0.3, -0.25) is 9.79 Å². The summed E-state index contributed by atoms with van der Waals surface area (Å²) in [5.74, 6) is -2.01. The number of amides is 1. The molecule has 0 radical (unpaired) electrons. The van der Waals surface area contributed by atoms with E-state index < -0.39 is 34.8 Å². The Labute approximate surface area is 234 Å². The van der Waals surface area contributed by atoms with Crippen molar-refractivity contribution in [2.24, 2.45) is 4.99 Å². The molecular weight excluding hydrogens is 542 g/mol. The average Bonchev–Trinajstić information content (AvgIpc) is 3.43. The van der Waals surface area contributed by atoms with Crippen molar-refractivity contribution in [3.8, 4) is 5.75 Å². The van der Waals surface area contributed by atoms with Gasteiger partial charge in [0.15, 0.2) is 0 Å². The predicted molar refractivity (Wildman–Crippen MR) is 147 cm³/mol. The maximum atomic E-state index is 14.4. The molecule has 2 aliphatic heterocycles. The number of nitrogens with one attached hydrogen (secondary N) is 1. The number of amidine groups is 1. The molecule has 0 spiro atoms. The first-order valence-corrected chi connectivity index (χ1v) is 14.6. The third-order valence-electron chi connectivity index (χ3n) is 7.16. The first kappa shape index (κ1) is 29.9. The van der Waals surface area contributed by atoms with Crippen LogP contribution in [0.3, 0.4) is 0 Å². The van der Waals surface area contributed by atoms with E-state index in [9.17, 15) is 22.0 Å². The Hall–Kier alpha value is -3.09. The lowest BCUT2D eigenvalue weighted by Gasteiger charge is -2.38. The summed E-state index contributed by atoms with van der Waals surface area (Å²) in [4.78, 5) is 18.7. The van der Waals surface area contributed by atoms with Crippen LogP contribution in [0.2, 0.25) is 0 Å². The molecule has 1 atom stereocenters. The van der Waals surface area contributed by atoms with Gasteiger partial charge in [-0.25, -0.2) is 17.2 Å². The van der Waals surface area contributed by atoms with E-state index in [2.05, 4.69) is 10.3 Å². The van der Waals surface area contributed by atoms with Crippen molar-refractivity contribution < 1.29 is 31.5 Å². The highest BCUT2D eigenvalue weighted by molar-refractivity contribution is 7.89. The van der Waals surface area contributed by atoms with Crippen LogP contribution in [-0.2, 0) is 26.1 Å². The fourth-order valence-electron chi connectivity index (χ4n) is 5.13. The lowest BCUT2D eigenvalue weighted by molar-refractivity contribution is -0.136. The van der Waals surface area contributed by atoms with Crippen LogP contribution in [0.4, 0.5) is 8.78 Å². The number of rotatable bonds is 10. The maximum Gasteiger partial charge on any atom is 0.251 e. The minimum Gasteiger partial charge on any atom is -0.497 e. The third-order valence-corrected chi connectivity index (χ3v) is 9.42. The molecule has 12 heteroatoms. The zero-order valence-electron chi connectivity index (χ0n) is 23.2. The summed E-state index contributed by atoms with van der Waals surface area (Å²) in [5.41, 5.74) is 2.81. The molecule has 2 aliphatic rings. The van der Waals surface area contributed by atoms with E-state index in [1.807, 2.05) is 24.3 Å². The highest BCUT2D eigenvalue weighted by atomic mass is 32.2. The minimum absolute atomic E-state index is 0.0705. The van der Waals surface area contributed by atoms with E-state index in [1.165, 1.54) is 12.0 Å². The second-order valence-electron chi connectivity index (χ2n) is 10.3. The SMILES string of the molecule is COc1cc(C)c(S(=O)(=O)N2CCC(F)(F)C[C@H]2COCC(=O)N(C)Cc2ccc(C3=NCCN3)cc2)c(C)c1. The lowest BCUT2D eigenvalue weighted by atomic mass is 10.0. The molecule has 2 aromatic rings. The van der Waals surface area contributed by atoms with Crippen molar-refractivity contribution in [3.63, 3.8) is 0 Å². The number of nitrogens with zero attached hydrogens (tertiary/aromatic N) is 3. The van der Waals surface area contributed by atoms with Crippen LogP contribution in [0.1, 0.15) is 35.1 Å². The van der Waals surface area contributed by atoms with Gasteiger partial charge in [-0.1, -0.05) is 24.3 Å². The van der Waals surface area contributed by atoms with Crippen molar-refractivity contribution in [2.45, 2.75) is 50.1 Å². The molecule has 1 saturated heterocycles. The number of hydrogen-bond acceptors (Lipinski definition) is 7. The molecule has 0 unspecified atom stereocenters. The summed E-state index contributed by atoms with van der Waals surface area (Å²) in [5, 5.41) is 3.21. The number of carbonyl (C=O) groups is 1. The lowest BCUT2D eigenvalue weighted by Crippen LogP contribution is -2.52. The van der Waals surface area contributed by atoms with E-state index in [1.54, 1.807) is 33.0 Å². The largest absolute Gasteiger partial charge is 0.497 e. The number of alkyl halides is 2. The molecule has 2 heterocycles. The van der Waals surface area contributed by atoms with Crippen LogP contribution < -0.4 is 10.1 Å². The Bertz CT molecular complexity index is 1340. The first-order chi connectivity index (χ1) is 18.9. The summed E-state index contributed by atoms with van der Waals surface area (Å²) in [6.07, 6.45) is -1.27. The summed E-state index contributed by atoms with van der Waals surface area (Å²) in [7, 11) is -0.993. The number of ether oxygens (including phenoxy) is 2. The number of likely N-dealkylation sites (N-methyl/N-ethyl adjacent to an activating group) is 1. The smallest absolute Gasteiger partial charge is 0.251 e. The number of methoxy groups -OCH3 is 1. The molecule has 1 fully saturated rings. The van der Waals surface area contributed by atoms with Crippen molar-refractivity contribution in [1.82, 2.24) is 14.5 Å². The molecule has 4 rings (SSSR count). The van der Waals surface area contributed by atoms with Crippen LogP contribution in [0, 0.1) is 13.8 Å². The zero-order chi connectivity index (χ0) is 29.1. The maximum absolute atomic E-state index is 14.4. The molecule has 40 heavy (non-hydrogen) atoms. The van der Waals surface area contributed by atoms with Crippen molar-refractivity contribution in [3.05, 3.63) is 58.7 Å². The summed E-state index contributed by atoms with van der Waals surface area (Å²) in [6.45, 7) is 4.16. The summed E-state index contributed by atoms with van der Waals surface area (Å²) >= 11 is 0. The molecule has 0 aromatic heterocycles. The van der Waals surface area contributed by atoms with Gasteiger partial charge >= 0.3 is 0 Å². The van der Waals surface area contributed by atoms with E-state index in [4.69, 9.17) is 9.47 Å². The van der Waals surface area contributed by atoms with Gasteiger partial charge in [0, 0.05) is 45.1 Å². The molecule has 0 aliphatic carbocycles. The molecule has 9 nitrogen and oxygen atoms in total. The standard InChI is InChI=1S/C28H36F2N4O5S/c1-19-13-24(38-4)14-20(2)26(19)40(36,37)34-12-9-28(29,30)15-23(34)17-39-18-25(35)33(3)16-21-5-7-22(8-6-21)27-31-10-11-32-27/h5-8,13-14,23H,9-12,15-18H2,1-4H3,(H,31,32)/t23-/m0/s1. The zero-order valence-corrected chi connectivity index (χ0v) is 24.1. The number of aryl methyl sites for hydroxylation is 2. The monoisotopic (exact) mass is 578 g/mol. The Morgan fingerprint density at radius 3 is 2.48 bits per heavy atom. The van der Waals surface area contributed by atoms with Crippen LogP contribution in [0.5, 0.6) is 5.75 Å². The van der Waals surface area contributed by atoms with Gasteiger partial charge in [-0.2, -0.15) is 4.31 Å². The van der Waals surface area contributed by atoms with Crippen LogP contribution >= 0.6 is 0 Å². The fourth-order valence-corrected chi connectivity index (χ4v) is 7.16. The van der Waals surface area contributed by atoms with Gasteiger partial charge in [0.1, 0.15) is 18.2 Å². The summed E-state index contributed by atoms with van der Waals surface area (Å²) < 4.78 is 68.0. The fraction of sp³-hybridized carbons (Fsp3) is 0.500. The Morgan fingerprint density at radius 2 is 1.88 bits per heavy atom. The second-order valence-corrected chi connectivity index (χ2v) is 12.1. The molecular formula is C28H36F2N4O5S. The number of piperidine rings is 1. The quantitative estimate of drug-likeness (QED) is 0.465. The number of halogens is 2. The van der Waals surface area contributed by atoms with Gasteiger partial charge in [-0.05, 0) is 42.7 Å². The van der Waals surface area contributed by atoms with E-state index in [-0.39, 0.29) is 30.6 Å². The normalized spacial score (nSPS) is 19.1. The molecule has 1 amide bonds. The topological polar surface area (TPSA) is 101 Å². The second kappa shape index (κ2) is 12.2. The molecule has 0 bridgehead atoms. The van der Waals surface area contributed by atoms with Gasteiger partial charge in [0.05, 0.1) is 31.2 Å². The van der Waals surface area contributed by atoms with E-state index >= 15 is 0 Å². The van der Waals surface area contributed by atoms with E-state index in [0.717, 1.165) is 34.4 Å². The number of benzene rings is 2. The molecule has 0 saturated carbocycles. The van der Waals surface area contributed by atoms with Gasteiger partial charge < -0.3 is 19.7 Å². The Kier molecular flexibility index (Phi) is 9.11. The number of sulfonamides is 1. The average molecular weight is 579 g/mol. The Balaban J connectivity index is 1.39. The van der Waals surface area contributed by atoms with Crippen molar-refractivity contribution in [1.29, 1.82) is 0 Å². The van der Waals surface area contributed by atoms with Crippen LogP contribution in [0.15, 0.2) is 46.3 Å². The number of hydrogen-bond donors (Lipinski definition) is 1. The molecule has 218 valence electrons. The number of aliphatic imine (C=N–C) groups is 1. The first-order valence-electron chi connectivity index (χ1n) is 13.2. The number of carbonyl (C=O) groups excluding carboxylic acids is 1.